The molecule has 0 saturated carbocycles. The number of nitrogens with one attached hydrogen (secondary N) is 1. The summed E-state index contributed by atoms with van der Waals surface area (Å²) in [6.07, 6.45) is 8.53. The molecule has 2 aliphatic heterocycles. The fourth-order valence-corrected chi connectivity index (χ4v) is 3.84. The number of anilines is 1. The van der Waals surface area contributed by atoms with Gasteiger partial charge in [0.1, 0.15) is 0 Å². The van der Waals surface area contributed by atoms with Gasteiger partial charge in [0.2, 0.25) is 12.7 Å². The maximum atomic E-state index is 13.1. The minimum Gasteiger partial charge on any atom is -0.454 e. The quantitative estimate of drug-likeness (QED) is 0.682. The second kappa shape index (κ2) is 8.59. The van der Waals surface area contributed by atoms with E-state index in [1.54, 1.807) is 18.6 Å². The molecule has 1 N–H and O–H groups in total. The number of carbonyl (C=O) groups is 1. The molecule has 5 rings (SSSR count). The number of amides is 1. The Morgan fingerprint density at radius 3 is 2.77 bits per heavy atom. The fourth-order valence-electron chi connectivity index (χ4n) is 3.84. The molecule has 8 nitrogen and oxygen atoms in total. The van der Waals surface area contributed by atoms with Crippen LogP contribution >= 0.6 is 0 Å². The van der Waals surface area contributed by atoms with E-state index in [1.807, 2.05) is 30.3 Å². The summed E-state index contributed by atoms with van der Waals surface area (Å²) in [6.45, 7) is 2.44. The molecule has 1 saturated heterocycles. The van der Waals surface area contributed by atoms with Crippen molar-refractivity contribution in [1.29, 1.82) is 0 Å². The number of fused-ring (bicyclic) bond motifs is 1. The van der Waals surface area contributed by atoms with Gasteiger partial charge in [0, 0.05) is 43.8 Å². The largest absolute Gasteiger partial charge is 0.454 e. The smallest absolute Gasteiger partial charge is 0.255 e. The van der Waals surface area contributed by atoms with Crippen LogP contribution in [0.2, 0.25) is 0 Å². The van der Waals surface area contributed by atoms with Gasteiger partial charge >= 0.3 is 0 Å². The van der Waals surface area contributed by atoms with Crippen LogP contribution in [0.3, 0.4) is 0 Å². The van der Waals surface area contributed by atoms with E-state index < -0.39 is 0 Å². The van der Waals surface area contributed by atoms with Crippen LogP contribution in [-0.2, 0) is 6.54 Å². The first-order chi connectivity index (χ1) is 15.3. The average Bonchev–Trinajstić information content (AvgIpc) is 3.31. The van der Waals surface area contributed by atoms with Gasteiger partial charge in [-0.3, -0.25) is 9.78 Å². The molecule has 2 aliphatic rings. The predicted octanol–water partition coefficient (Wildman–Crippen LogP) is 3.19. The third-order valence-corrected chi connectivity index (χ3v) is 5.48. The molecule has 3 aromatic rings. The maximum Gasteiger partial charge on any atom is 0.255 e. The van der Waals surface area contributed by atoms with E-state index >= 15 is 0 Å². The number of ether oxygens (including phenoxy) is 2. The highest BCUT2D eigenvalue weighted by Crippen LogP contribution is 2.32. The van der Waals surface area contributed by atoms with Crippen molar-refractivity contribution in [3.8, 4) is 22.8 Å². The van der Waals surface area contributed by atoms with Crippen LogP contribution in [0.4, 0.5) is 5.95 Å². The highest BCUT2D eigenvalue weighted by molar-refractivity contribution is 5.99. The van der Waals surface area contributed by atoms with Gasteiger partial charge in [-0.2, -0.15) is 0 Å². The van der Waals surface area contributed by atoms with E-state index in [9.17, 15) is 4.79 Å². The third-order valence-electron chi connectivity index (χ3n) is 5.48. The second-order valence-corrected chi connectivity index (χ2v) is 7.59. The Balaban J connectivity index is 1.39. The lowest BCUT2D eigenvalue weighted by atomic mass is 10.1. The number of nitrogens with zero attached hydrogens (tertiary/aromatic N) is 4. The molecule has 4 heterocycles. The van der Waals surface area contributed by atoms with Crippen LogP contribution in [-0.4, -0.2) is 40.7 Å². The van der Waals surface area contributed by atoms with Crippen LogP contribution in [0.1, 0.15) is 35.2 Å². The molecule has 0 unspecified atom stereocenters. The summed E-state index contributed by atoms with van der Waals surface area (Å²) in [5, 5.41) is 2.97. The minimum atomic E-state index is -0.235. The van der Waals surface area contributed by atoms with Gasteiger partial charge in [-0.15, -0.1) is 0 Å². The number of carbonyl (C=O) groups excluding carboxylic acids is 1. The Kier molecular flexibility index (Phi) is 5.35. The molecule has 0 aliphatic carbocycles. The van der Waals surface area contributed by atoms with Gasteiger partial charge in [0.25, 0.3) is 5.91 Å². The standard InChI is InChI=1S/C23H23N5O3/c29-22(25-12-16-6-7-19-20(11-16)31-15-30-19)18-14-26-23(28-9-2-1-3-10-28)27-21(18)17-5-4-8-24-13-17/h4-8,11,13-14H,1-3,9-10,12,15H2,(H,25,29). The van der Waals surface area contributed by atoms with Crippen LogP contribution in [0.5, 0.6) is 11.5 Å². The van der Waals surface area contributed by atoms with Crippen molar-refractivity contribution < 1.29 is 14.3 Å². The Labute approximate surface area is 180 Å². The number of benzene rings is 1. The van der Waals surface area contributed by atoms with E-state index in [0.717, 1.165) is 42.8 Å². The number of rotatable bonds is 5. The minimum absolute atomic E-state index is 0.223. The molecule has 1 aromatic carbocycles. The number of pyridine rings is 1. The number of hydrogen-bond donors (Lipinski definition) is 1. The van der Waals surface area contributed by atoms with Gasteiger partial charge in [-0.1, -0.05) is 6.07 Å². The second-order valence-electron chi connectivity index (χ2n) is 7.59. The first-order valence-corrected chi connectivity index (χ1v) is 10.5. The van der Waals surface area contributed by atoms with Crippen LogP contribution < -0.4 is 19.7 Å². The van der Waals surface area contributed by atoms with Crippen molar-refractivity contribution in [3.05, 3.63) is 60.0 Å². The molecule has 31 heavy (non-hydrogen) atoms. The van der Waals surface area contributed by atoms with Gasteiger partial charge in [-0.05, 0) is 49.1 Å². The fraction of sp³-hybridized carbons (Fsp3) is 0.304. The summed E-state index contributed by atoms with van der Waals surface area (Å²) in [5.41, 5.74) is 2.73. The lowest BCUT2D eigenvalue weighted by molar-refractivity contribution is 0.0951. The normalized spacial score (nSPS) is 15.0. The zero-order valence-electron chi connectivity index (χ0n) is 17.1. The van der Waals surface area contributed by atoms with E-state index in [1.165, 1.54) is 6.42 Å². The summed E-state index contributed by atoms with van der Waals surface area (Å²) >= 11 is 0. The molecule has 158 valence electrons. The van der Waals surface area contributed by atoms with Crippen molar-refractivity contribution in [1.82, 2.24) is 20.3 Å². The lowest BCUT2D eigenvalue weighted by Gasteiger charge is -2.27. The number of piperidine rings is 1. The molecule has 1 amide bonds. The van der Waals surface area contributed by atoms with Gasteiger partial charge < -0.3 is 19.7 Å². The van der Waals surface area contributed by atoms with Crippen LogP contribution in [0.25, 0.3) is 11.3 Å². The predicted molar refractivity (Wildman–Crippen MR) is 115 cm³/mol. The molecule has 0 spiro atoms. The summed E-state index contributed by atoms with van der Waals surface area (Å²) in [6, 6.07) is 9.38. The molecular weight excluding hydrogens is 394 g/mol. The molecular formula is C23H23N5O3. The topological polar surface area (TPSA) is 89.5 Å². The van der Waals surface area contributed by atoms with E-state index in [2.05, 4.69) is 20.2 Å². The Hall–Kier alpha value is -3.68. The SMILES string of the molecule is O=C(NCc1ccc2c(c1)OCO2)c1cnc(N2CCCCC2)nc1-c1cccnc1. The molecule has 0 atom stereocenters. The van der Waals surface area contributed by atoms with E-state index in [-0.39, 0.29) is 12.7 Å². The van der Waals surface area contributed by atoms with Crippen molar-refractivity contribution >= 4 is 11.9 Å². The number of aromatic nitrogens is 3. The van der Waals surface area contributed by atoms with Gasteiger partial charge in [0.15, 0.2) is 11.5 Å². The van der Waals surface area contributed by atoms with Crippen LogP contribution in [0.15, 0.2) is 48.9 Å². The summed E-state index contributed by atoms with van der Waals surface area (Å²) < 4.78 is 10.8. The lowest BCUT2D eigenvalue weighted by Crippen LogP contribution is -2.31. The Bertz CT molecular complexity index is 1080. The first kappa shape index (κ1) is 19.3. The molecule has 2 aromatic heterocycles. The van der Waals surface area contributed by atoms with E-state index in [0.29, 0.717) is 29.5 Å². The molecule has 0 bridgehead atoms. The van der Waals surface area contributed by atoms with Crippen LogP contribution in [0, 0.1) is 0 Å². The maximum absolute atomic E-state index is 13.1. The highest BCUT2D eigenvalue weighted by Gasteiger charge is 2.20. The molecule has 8 heteroatoms. The van der Waals surface area contributed by atoms with Crippen molar-refractivity contribution in [2.45, 2.75) is 25.8 Å². The zero-order chi connectivity index (χ0) is 21.0. The third kappa shape index (κ3) is 4.14. The zero-order valence-corrected chi connectivity index (χ0v) is 17.1. The van der Waals surface area contributed by atoms with Crippen molar-refractivity contribution in [3.63, 3.8) is 0 Å². The first-order valence-electron chi connectivity index (χ1n) is 10.5. The Morgan fingerprint density at radius 2 is 1.94 bits per heavy atom. The average molecular weight is 417 g/mol. The number of hydrogen-bond acceptors (Lipinski definition) is 7. The monoisotopic (exact) mass is 417 g/mol. The summed E-state index contributed by atoms with van der Waals surface area (Å²) in [7, 11) is 0. The van der Waals surface area contributed by atoms with Gasteiger partial charge in [0.05, 0.1) is 11.3 Å². The van der Waals surface area contributed by atoms with Crippen molar-refractivity contribution in [2.24, 2.45) is 0 Å². The summed E-state index contributed by atoms with van der Waals surface area (Å²) in [4.78, 5) is 28.7. The van der Waals surface area contributed by atoms with Crippen molar-refractivity contribution in [2.75, 3.05) is 24.8 Å². The van der Waals surface area contributed by atoms with E-state index in [4.69, 9.17) is 14.5 Å². The summed E-state index contributed by atoms with van der Waals surface area (Å²) in [5.74, 6) is 1.83. The molecule has 0 radical (unpaired) electrons. The highest BCUT2D eigenvalue weighted by atomic mass is 16.7. The molecule has 1 fully saturated rings. The van der Waals surface area contributed by atoms with Gasteiger partial charge in [-0.25, -0.2) is 9.97 Å². The Morgan fingerprint density at radius 1 is 1.06 bits per heavy atom.